The number of carbonyl (C=O) groups excluding carboxylic acids is 1. The Kier molecular flexibility index (Phi) is 5.88. The summed E-state index contributed by atoms with van der Waals surface area (Å²) in [7, 11) is 1.60. The summed E-state index contributed by atoms with van der Waals surface area (Å²) in [5.74, 6) is -0.186. The molecule has 8 nitrogen and oxygen atoms in total. The molecule has 0 bridgehead atoms. The van der Waals surface area contributed by atoms with E-state index in [-0.39, 0.29) is 11.6 Å². The summed E-state index contributed by atoms with van der Waals surface area (Å²) in [6.07, 6.45) is 0. The SMILES string of the molecule is CCn1c(=O)[nH]c2cc(CN3CC(Nc4ccc(C(=O)NC)nc4C)C3)ccc2c1=S. The van der Waals surface area contributed by atoms with Crippen molar-refractivity contribution < 1.29 is 4.79 Å². The average molecular weight is 439 g/mol. The second kappa shape index (κ2) is 8.60. The molecule has 1 aromatic carbocycles. The Balaban J connectivity index is 1.39. The van der Waals surface area contributed by atoms with E-state index in [1.165, 1.54) is 0 Å². The van der Waals surface area contributed by atoms with Crippen molar-refractivity contribution in [3.05, 3.63) is 62.4 Å². The van der Waals surface area contributed by atoms with E-state index in [1.54, 1.807) is 17.7 Å². The van der Waals surface area contributed by atoms with E-state index in [1.807, 2.05) is 32.0 Å². The van der Waals surface area contributed by atoms with Gasteiger partial charge >= 0.3 is 5.69 Å². The summed E-state index contributed by atoms with van der Waals surface area (Å²) in [5, 5.41) is 6.99. The maximum absolute atomic E-state index is 12.2. The van der Waals surface area contributed by atoms with E-state index in [4.69, 9.17) is 12.2 Å². The standard InChI is InChI=1S/C22H26N6O2S/c1-4-28-21(31)16-6-5-14(9-19(16)26-22(28)30)10-27-11-15(12-27)25-17-7-8-18(20(29)23-3)24-13(17)2/h5-9,15,25H,4,10-12H2,1-3H3,(H,23,29)(H,26,30). The maximum Gasteiger partial charge on any atom is 0.326 e. The van der Waals surface area contributed by atoms with Crippen molar-refractivity contribution in [2.24, 2.45) is 0 Å². The van der Waals surface area contributed by atoms with Gasteiger partial charge in [-0.1, -0.05) is 18.3 Å². The van der Waals surface area contributed by atoms with Crippen LogP contribution in [0.5, 0.6) is 0 Å². The molecule has 1 fully saturated rings. The Bertz CT molecular complexity index is 1260. The number of anilines is 1. The largest absolute Gasteiger partial charge is 0.378 e. The summed E-state index contributed by atoms with van der Waals surface area (Å²) < 4.78 is 2.15. The molecular formula is C22H26N6O2S. The van der Waals surface area contributed by atoms with Gasteiger partial charge in [-0.25, -0.2) is 9.78 Å². The van der Waals surface area contributed by atoms with Gasteiger partial charge in [0.15, 0.2) is 0 Å². The highest BCUT2D eigenvalue weighted by Gasteiger charge is 2.27. The minimum atomic E-state index is -0.186. The average Bonchev–Trinajstić information content (AvgIpc) is 2.72. The lowest BCUT2D eigenvalue weighted by atomic mass is 10.1. The van der Waals surface area contributed by atoms with Crippen LogP contribution in [0.15, 0.2) is 35.1 Å². The van der Waals surface area contributed by atoms with Crippen molar-refractivity contribution in [1.82, 2.24) is 24.8 Å². The molecule has 0 radical (unpaired) electrons. The third-order valence-electron chi connectivity index (χ3n) is 5.63. The molecule has 2 aromatic heterocycles. The summed E-state index contributed by atoms with van der Waals surface area (Å²) in [6, 6.07) is 10.0. The Hall–Kier alpha value is -3.04. The Morgan fingerprint density at radius 3 is 2.74 bits per heavy atom. The number of H-pyrrole nitrogens is 1. The van der Waals surface area contributed by atoms with Crippen LogP contribution in [0.2, 0.25) is 0 Å². The molecule has 0 saturated carbocycles. The highest BCUT2D eigenvalue weighted by molar-refractivity contribution is 7.71. The molecular weight excluding hydrogens is 412 g/mol. The van der Waals surface area contributed by atoms with Crippen molar-refractivity contribution in [3.8, 4) is 0 Å². The van der Waals surface area contributed by atoms with Crippen LogP contribution in [-0.4, -0.2) is 51.5 Å². The number of aromatic amines is 1. The monoisotopic (exact) mass is 438 g/mol. The number of rotatable bonds is 6. The molecule has 162 valence electrons. The molecule has 1 amide bonds. The van der Waals surface area contributed by atoms with Gasteiger partial charge in [-0.15, -0.1) is 0 Å². The lowest BCUT2D eigenvalue weighted by Gasteiger charge is -2.40. The molecule has 1 saturated heterocycles. The quantitative estimate of drug-likeness (QED) is 0.512. The first-order valence-corrected chi connectivity index (χ1v) is 10.7. The predicted molar refractivity (Wildman–Crippen MR) is 124 cm³/mol. The zero-order chi connectivity index (χ0) is 22.1. The van der Waals surface area contributed by atoms with Crippen molar-refractivity contribution in [1.29, 1.82) is 0 Å². The molecule has 31 heavy (non-hydrogen) atoms. The number of nitrogens with zero attached hydrogens (tertiary/aromatic N) is 3. The minimum Gasteiger partial charge on any atom is -0.378 e. The summed E-state index contributed by atoms with van der Waals surface area (Å²) in [6.45, 7) is 6.98. The van der Waals surface area contributed by atoms with Crippen molar-refractivity contribution >= 4 is 34.7 Å². The number of aromatic nitrogens is 3. The number of amides is 1. The van der Waals surface area contributed by atoms with E-state index in [2.05, 4.69) is 31.6 Å². The molecule has 0 atom stereocenters. The number of nitrogens with one attached hydrogen (secondary N) is 3. The zero-order valence-electron chi connectivity index (χ0n) is 17.9. The van der Waals surface area contributed by atoms with Crippen LogP contribution < -0.4 is 16.3 Å². The lowest BCUT2D eigenvalue weighted by molar-refractivity contribution is 0.0958. The molecule has 9 heteroatoms. The molecule has 1 aliphatic heterocycles. The third-order valence-corrected chi connectivity index (χ3v) is 6.07. The predicted octanol–water partition coefficient (Wildman–Crippen LogP) is 2.44. The number of likely N-dealkylation sites (tertiary alicyclic amines) is 1. The Morgan fingerprint density at radius 2 is 2.06 bits per heavy atom. The first-order chi connectivity index (χ1) is 14.9. The number of pyridine rings is 1. The first-order valence-electron chi connectivity index (χ1n) is 10.3. The molecule has 1 aliphatic rings. The van der Waals surface area contributed by atoms with Gasteiger partial charge in [0.1, 0.15) is 10.3 Å². The van der Waals surface area contributed by atoms with E-state index in [9.17, 15) is 9.59 Å². The van der Waals surface area contributed by atoms with Crippen LogP contribution >= 0.6 is 12.2 Å². The smallest absolute Gasteiger partial charge is 0.326 e. The maximum atomic E-state index is 12.2. The van der Waals surface area contributed by atoms with E-state index in [0.717, 1.165) is 47.5 Å². The highest BCUT2D eigenvalue weighted by atomic mass is 32.1. The minimum absolute atomic E-state index is 0.170. The van der Waals surface area contributed by atoms with Gasteiger partial charge in [-0.2, -0.15) is 0 Å². The van der Waals surface area contributed by atoms with Crippen LogP contribution in [0.25, 0.3) is 10.9 Å². The van der Waals surface area contributed by atoms with Gasteiger partial charge in [-0.3, -0.25) is 14.3 Å². The van der Waals surface area contributed by atoms with Gasteiger partial charge < -0.3 is 15.6 Å². The molecule has 0 spiro atoms. The normalized spacial score (nSPS) is 14.4. The molecule has 4 rings (SSSR count). The van der Waals surface area contributed by atoms with Crippen LogP contribution in [0.4, 0.5) is 5.69 Å². The molecule has 3 heterocycles. The summed E-state index contributed by atoms with van der Waals surface area (Å²) in [5.41, 5.74) is 3.92. The lowest BCUT2D eigenvalue weighted by Crippen LogP contribution is -2.54. The topological polar surface area (TPSA) is 95.0 Å². The van der Waals surface area contributed by atoms with Crippen LogP contribution in [0, 0.1) is 11.6 Å². The second-order valence-electron chi connectivity index (χ2n) is 7.80. The summed E-state index contributed by atoms with van der Waals surface area (Å²) in [4.78, 5) is 33.6. The molecule has 0 unspecified atom stereocenters. The zero-order valence-corrected chi connectivity index (χ0v) is 18.7. The number of hydrogen-bond acceptors (Lipinski definition) is 6. The van der Waals surface area contributed by atoms with Gasteiger partial charge in [0.2, 0.25) is 0 Å². The van der Waals surface area contributed by atoms with Gasteiger partial charge in [0.25, 0.3) is 5.91 Å². The highest BCUT2D eigenvalue weighted by Crippen LogP contribution is 2.21. The van der Waals surface area contributed by atoms with E-state index in [0.29, 0.717) is 22.9 Å². The van der Waals surface area contributed by atoms with E-state index < -0.39 is 0 Å². The fourth-order valence-electron chi connectivity index (χ4n) is 3.92. The Labute approximate surface area is 185 Å². The van der Waals surface area contributed by atoms with Crippen molar-refractivity contribution in [2.45, 2.75) is 33.0 Å². The number of hydrogen-bond donors (Lipinski definition) is 3. The summed E-state index contributed by atoms with van der Waals surface area (Å²) >= 11 is 5.46. The van der Waals surface area contributed by atoms with Crippen LogP contribution in [0.3, 0.4) is 0 Å². The molecule has 0 aliphatic carbocycles. The Morgan fingerprint density at radius 1 is 1.29 bits per heavy atom. The number of fused-ring (bicyclic) bond motifs is 1. The molecule has 3 aromatic rings. The fraction of sp³-hybridized carbons (Fsp3) is 0.364. The first kappa shape index (κ1) is 21.2. The third kappa shape index (κ3) is 4.24. The van der Waals surface area contributed by atoms with Gasteiger partial charge in [-0.05, 0) is 43.7 Å². The number of benzene rings is 1. The van der Waals surface area contributed by atoms with E-state index >= 15 is 0 Å². The second-order valence-corrected chi connectivity index (χ2v) is 8.19. The van der Waals surface area contributed by atoms with Crippen molar-refractivity contribution in [2.75, 3.05) is 25.5 Å². The van der Waals surface area contributed by atoms with Crippen molar-refractivity contribution in [3.63, 3.8) is 0 Å². The van der Waals surface area contributed by atoms with Gasteiger partial charge in [0.05, 0.1) is 22.9 Å². The van der Waals surface area contributed by atoms with Crippen LogP contribution in [-0.2, 0) is 13.1 Å². The molecule has 3 N–H and O–H groups in total. The van der Waals surface area contributed by atoms with Crippen LogP contribution in [0.1, 0.15) is 28.7 Å². The number of carbonyl (C=O) groups is 1. The van der Waals surface area contributed by atoms with Gasteiger partial charge in [0, 0.05) is 38.6 Å². The number of aryl methyl sites for hydroxylation is 1. The fourth-order valence-corrected chi connectivity index (χ4v) is 4.31.